The van der Waals surface area contributed by atoms with Crippen molar-refractivity contribution >= 4 is 22.9 Å². The lowest BCUT2D eigenvalue weighted by atomic mass is 10.0. The van der Waals surface area contributed by atoms with E-state index in [0.717, 1.165) is 23.5 Å². The van der Waals surface area contributed by atoms with Gasteiger partial charge in [-0.2, -0.15) is 13.2 Å². The number of amides is 1. The average Bonchev–Trinajstić information content (AvgIpc) is 3.11. The van der Waals surface area contributed by atoms with Crippen LogP contribution in [0.2, 0.25) is 0 Å². The van der Waals surface area contributed by atoms with Crippen molar-refractivity contribution < 1.29 is 22.7 Å². The number of ether oxygens (including phenoxy) is 1. The molecule has 1 atom stereocenters. The summed E-state index contributed by atoms with van der Waals surface area (Å²) in [6.45, 7) is 1.89. The van der Waals surface area contributed by atoms with Gasteiger partial charge in [-0.1, -0.05) is 35.6 Å². The minimum absolute atomic E-state index is 0.0724. The molecule has 2 rings (SSSR count). The quantitative estimate of drug-likeness (QED) is 0.431. The smallest absolute Gasteiger partial charge is 0.416 e. The monoisotopic (exact) mass is 442 g/mol. The summed E-state index contributed by atoms with van der Waals surface area (Å²) in [6, 6.07) is 6.12. The van der Waals surface area contributed by atoms with Gasteiger partial charge in [0.15, 0.2) is 5.06 Å². The van der Waals surface area contributed by atoms with Crippen molar-refractivity contribution in [1.82, 2.24) is 10.3 Å². The van der Waals surface area contributed by atoms with E-state index in [9.17, 15) is 18.0 Å². The van der Waals surface area contributed by atoms with Gasteiger partial charge in [0, 0.05) is 19.6 Å². The fourth-order valence-electron chi connectivity index (χ4n) is 2.97. The molecule has 0 fully saturated rings. The number of allylic oxidation sites excluding steroid dienone is 1. The maximum absolute atomic E-state index is 12.9. The molecule has 0 unspecified atom stereocenters. The largest absolute Gasteiger partial charge is 0.487 e. The Labute approximate surface area is 177 Å². The summed E-state index contributed by atoms with van der Waals surface area (Å²) in [5.41, 5.74) is 6.80. The second kappa shape index (κ2) is 9.96. The molecule has 1 aromatic heterocycles. The van der Waals surface area contributed by atoms with Crippen LogP contribution in [0.1, 0.15) is 33.3 Å². The summed E-state index contributed by atoms with van der Waals surface area (Å²) in [7, 11) is 3.17. The van der Waals surface area contributed by atoms with E-state index >= 15 is 0 Å². The zero-order valence-electron chi connectivity index (χ0n) is 16.9. The Morgan fingerprint density at radius 1 is 1.37 bits per heavy atom. The van der Waals surface area contributed by atoms with Gasteiger partial charge in [-0.25, -0.2) is 5.84 Å². The number of alkyl halides is 3. The Balaban J connectivity index is 2.19. The summed E-state index contributed by atoms with van der Waals surface area (Å²) in [5.74, 6) is 5.45. The van der Waals surface area contributed by atoms with Gasteiger partial charge in [-0.15, -0.1) is 0 Å². The standard InChI is InChI=1S/C20H25F3N4O2S/c1-4-16(27(2)25)15-10-17(30-19(15)29-3)18(28)26-14(11-24)9-12-6-5-7-13(8-12)20(21,22)23/h4-8,10,14H,9,11,24-25H2,1-3H3,(H,26,28)/b16-4+/t14-/m0/s1. The lowest BCUT2D eigenvalue weighted by Gasteiger charge is -2.17. The molecule has 1 heterocycles. The molecule has 0 saturated heterocycles. The molecular weight excluding hydrogens is 417 g/mol. The maximum Gasteiger partial charge on any atom is 0.416 e. The molecule has 0 aliphatic rings. The highest BCUT2D eigenvalue weighted by Gasteiger charge is 2.30. The number of nitrogens with one attached hydrogen (secondary N) is 1. The second-order valence-electron chi connectivity index (χ2n) is 6.61. The van der Waals surface area contributed by atoms with Crippen molar-refractivity contribution in [3.8, 4) is 5.06 Å². The van der Waals surface area contributed by atoms with E-state index in [-0.39, 0.29) is 18.9 Å². The number of hydrogen-bond acceptors (Lipinski definition) is 6. The molecule has 30 heavy (non-hydrogen) atoms. The van der Waals surface area contributed by atoms with E-state index in [4.69, 9.17) is 16.3 Å². The zero-order chi connectivity index (χ0) is 22.5. The third-order valence-corrected chi connectivity index (χ3v) is 5.49. The number of carbonyl (C=O) groups excluding carboxylic acids is 1. The van der Waals surface area contributed by atoms with Gasteiger partial charge in [0.25, 0.3) is 5.91 Å². The molecule has 2 aromatic rings. The number of rotatable bonds is 8. The molecule has 0 aliphatic carbocycles. The van der Waals surface area contributed by atoms with Crippen molar-refractivity contribution in [3.63, 3.8) is 0 Å². The lowest BCUT2D eigenvalue weighted by Crippen LogP contribution is -2.41. The van der Waals surface area contributed by atoms with Crippen LogP contribution in [0, 0.1) is 0 Å². The highest BCUT2D eigenvalue weighted by Crippen LogP contribution is 2.36. The molecule has 0 spiro atoms. The van der Waals surface area contributed by atoms with Crippen LogP contribution >= 0.6 is 11.3 Å². The number of benzene rings is 1. The van der Waals surface area contributed by atoms with Gasteiger partial charge in [0.05, 0.1) is 28.8 Å². The van der Waals surface area contributed by atoms with Gasteiger partial charge in [0.2, 0.25) is 0 Å². The predicted octanol–water partition coefficient (Wildman–Crippen LogP) is 3.24. The first-order valence-corrected chi connectivity index (χ1v) is 9.92. The number of nitrogens with two attached hydrogens (primary N) is 2. The number of hydrazine groups is 1. The van der Waals surface area contributed by atoms with Gasteiger partial charge in [-0.05, 0) is 31.0 Å². The van der Waals surface area contributed by atoms with Crippen LogP contribution in [0.25, 0.3) is 5.70 Å². The predicted molar refractivity (Wildman–Crippen MR) is 112 cm³/mol. The first-order valence-electron chi connectivity index (χ1n) is 9.10. The number of hydrogen-bond donors (Lipinski definition) is 3. The van der Waals surface area contributed by atoms with Crippen molar-refractivity contribution in [2.75, 3.05) is 20.7 Å². The zero-order valence-corrected chi connectivity index (χ0v) is 17.7. The van der Waals surface area contributed by atoms with Crippen molar-refractivity contribution in [2.24, 2.45) is 11.6 Å². The fourth-order valence-corrected chi connectivity index (χ4v) is 3.86. The summed E-state index contributed by atoms with van der Waals surface area (Å²) in [6.07, 6.45) is -2.46. The SMILES string of the molecule is C/C=C(\c1cc(C(=O)N[C@H](CN)Cc2cccc(C(F)(F)F)c2)sc1OC)N(C)N. The van der Waals surface area contributed by atoms with Gasteiger partial charge in [0.1, 0.15) is 0 Å². The first kappa shape index (κ1) is 23.7. The minimum Gasteiger partial charge on any atom is -0.487 e. The lowest BCUT2D eigenvalue weighted by molar-refractivity contribution is -0.137. The normalized spacial score (nSPS) is 13.1. The summed E-state index contributed by atoms with van der Waals surface area (Å²) in [5, 5.41) is 4.73. The topological polar surface area (TPSA) is 93.6 Å². The van der Waals surface area contributed by atoms with Gasteiger partial charge >= 0.3 is 6.18 Å². The molecule has 5 N–H and O–H groups in total. The summed E-state index contributed by atoms with van der Waals surface area (Å²) < 4.78 is 44.1. The second-order valence-corrected chi connectivity index (χ2v) is 7.62. The Morgan fingerprint density at radius 3 is 2.60 bits per heavy atom. The van der Waals surface area contributed by atoms with Crippen LogP contribution in [0.4, 0.5) is 13.2 Å². The maximum atomic E-state index is 12.9. The fraction of sp³-hybridized carbons (Fsp3) is 0.350. The number of carbonyl (C=O) groups is 1. The number of thiophene rings is 1. The van der Waals surface area contributed by atoms with Gasteiger partial charge < -0.3 is 20.8 Å². The van der Waals surface area contributed by atoms with Crippen LogP contribution in [0.3, 0.4) is 0 Å². The van der Waals surface area contributed by atoms with E-state index in [1.807, 2.05) is 6.92 Å². The van der Waals surface area contributed by atoms with E-state index in [1.165, 1.54) is 18.2 Å². The molecule has 0 bridgehead atoms. The van der Waals surface area contributed by atoms with Crippen molar-refractivity contribution in [3.05, 3.63) is 58.0 Å². The van der Waals surface area contributed by atoms with Crippen LogP contribution in [-0.2, 0) is 12.6 Å². The number of methoxy groups -OCH3 is 1. The number of nitrogens with zero attached hydrogens (tertiary/aromatic N) is 1. The Morgan fingerprint density at radius 2 is 2.07 bits per heavy atom. The molecule has 1 amide bonds. The van der Waals surface area contributed by atoms with Crippen molar-refractivity contribution in [2.45, 2.75) is 25.6 Å². The molecular formula is C20H25F3N4O2S. The molecule has 164 valence electrons. The highest BCUT2D eigenvalue weighted by atomic mass is 32.1. The van der Waals surface area contributed by atoms with E-state index in [1.54, 1.807) is 25.3 Å². The van der Waals surface area contributed by atoms with E-state index in [0.29, 0.717) is 26.8 Å². The van der Waals surface area contributed by atoms with Crippen LogP contribution in [-0.4, -0.2) is 37.7 Å². The van der Waals surface area contributed by atoms with Crippen molar-refractivity contribution in [1.29, 1.82) is 0 Å². The molecule has 6 nitrogen and oxygen atoms in total. The third-order valence-electron chi connectivity index (χ3n) is 4.39. The molecule has 0 radical (unpaired) electrons. The summed E-state index contributed by atoms with van der Waals surface area (Å²) in [4.78, 5) is 13.1. The van der Waals surface area contributed by atoms with E-state index in [2.05, 4.69) is 5.32 Å². The highest BCUT2D eigenvalue weighted by molar-refractivity contribution is 7.16. The number of halogens is 3. The van der Waals surface area contributed by atoms with Crippen LogP contribution in [0.15, 0.2) is 36.4 Å². The van der Waals surface area contributed by atoms with E-state index < -0.39 is 17.8 Å². The molecule has 1 aromatic carbocycles. The molecule has 0 saturated carbocycles. The minimum atomic E-state index is -4.43. The Hall–Kier alpha value is -2.56. The third kappa shape index (κ3) is 5.74. The summed E-state index contributed by atoms with van der Waals surface area (Å²) >= 11 is 1.15. The first-order chi connectivity index (χ1) is 14.1. The average molecular weight is 443 g/mol. The van der Waals surface area contributed by atoms with Crippen LogP contribution in [0.5, 0.6) is 5.06 Å². The van der Waals surface area contributed by atoms with Gasteiger partial charge in [-0.3, -0.25) is 4.79 Å². The Bertz CT molecular complexity index is 910. The van der Waals surface area contributed by atoms with Crippen LogP contribution < -0.4 is 21.6 Å². The molecule has 10 heteroatoms. The molecule has 0 aliphatic heterocycles. The Kier molecular flexibility index (Phi) is 7.88.